The second kappa shape index (κ2) is 6.13. The topological polar surface area (TPSA) is 92.5 Å². The van der Waals surface area contributed by atoms with Gasteiger partial charge < -0.3 is 10.6 Å². The molecule has 0 aromatic heterocycles. The van der Waals surface area contributed by atoms with E-state index in [1.807, 2.05) is 13.0 Å². The molecular weight excluding hydrogens is 290 g/mol. The van der Waals surface area contributed by atoms with Crippen LogP contribution in [0.2, 0.25) is 0 Å². The van der Waals surface area contributed by atoms with Gasteiger partial charge in [0, 0.05) is 19.6 Å². The highest BCUT2D eigenvalue weighted by Crippen LogP contribution is 2.19. The minimum Gasteiger partial charge on any atom is -0.344 e. The third-order valence-electron chi connectivity index (χ3n) is 3.76. The maximum atomic E-state index is 12.4. The van der Waals surface area contributed by atoms with Gasteiger partial charge in [-0.25, -0.2) is 8.42 Å². The molecule has 0 spiro atoms. The quantitative estimate of drug-likeness (QED) is 0.833. The van der Waals surface area contributed by atoms with E-state index in [0.29, 0.717) is 13.0 Å². The largest absolute Gasteiger partial charge is 0.344 e. The van der Waals surface area contributed by atoms with Crippen molar-refractivity contribution in [1.29, 1.82) is 0 Å². The van der Waals surface area contributed by atoms with Crippen molar-refractivity contribution in [3.63, 3.8) is 0 Å². The molecule has 1 aliphatic rings. The average Bonchev–Trinajstić information content (AvgIpc) is 2.78. The van der Waals surface area contributed by atoms with Crippen molar-refractivity contribution in [3.8, 4) is 0 Å². The van der Waals surface area contributed by atoms with E-state index >= 15 is 0 Å². The second-order valence-electron chi connectivity index (χ2n) is 5.31. The Balaban J connectivity index is 2.22. The first-order chi connectivity index (χ1) is 9.85. The summed E-state index contributed by atoms with van der Waals surface area (Å²) in [6.45, 7) is 2.50. The van der Waals surface area contributed by atoms with Crippen molar-refractivity contribution in [3.05, 3.63) is 29.8 Å². The molecule has 0 aliphatic carbocycles. The molecule has 1 heterocycles. The number of nitrogens with one attached hydrogen (secondary N) is 1. The van der Waals surface area contributed by atoms with Gasteiger partial charge in [-0.1, -0.05) is 19.1 Å². The molecule has 1 aliphatic heterocycles. The van der Waals surface area contributed by atoms with Crippen LogP contribution in [0.5, 0.6) is 0 Å². The minimum atomic E-state index is -3.72. The van der Waals surface area contributed by atoms with Crippen molar-refractivity contribution >= 4 is 15.9 Å². The molecule has 0 radical (unpaired) electrons. The molecule has 116 valence electrons. The van der Waals surface area contributed by atoms with Gasteiger partial charge in [-0.15, -0.1) is 0 Å². The van der Waals surface area contributed by atoms with Gasteiger partial charge in [-0.3, -0.25) is 4.79 Å². The first kappa shape index (κ1) is 15.9. The van der Waals surface area contributed by atoms with Gasteiger partial charge in [-0.2, -0.15) is 4.72 Å². The van der Waals surface area contributed by atoms with Crippen LogP contribution in [0, 0.1) is 0 Å². The van der Waals surface area contributed by atoms with E-state index in [2.05, 4.69) is 4.72 Å². The van der Waals surface area contributed by atoms with Gasteiger partial charge in [0.05, 0.1) is 4.90 Å². The fourth-order valence-electron chi connectivity index (χ4n) is 2.34. The Hall–Kier alpha value is -1.44. The Labute approximate surface area is 125 Å². The van der Waals surface area contributed by atoms with E-state index in [1.54, 1.807) is 19.2 Å². The molecule has 3 N–H and O–H groups in total. The number of sulfonamides is 1. The summed E-state index contributed by atoms with van der Waals surface area (Å²) in [6, 6.07) is 5.68. The smallest absolute Gasteiger partial charge is 0.241 e. The molecule has 7 heteroatoms. The molecule has 1 aromatic rings. The molecule has 2 rings (SSSR count). The minimum absolute atomic E-state index is 0.145. The fourth-order valence-corrected chi connectivity index (χ4v) is 3.61. The van der Waals surface area contributed by atoms with Gasteiger partial charge in [0.1, 0.15) is 6.04 Å². The zero-order valence-corrected chi connectivity index (χ0v) is 13.1. The lowest BCUT2D eigenvalue weighted by Crippen LogP contribution is -2.40. The van der Waals surface area contributed by atoms with Gasteiger partial charge in [0.25, 0.3) is 0 Å². The molecule has 6 nitrogen and oxygen atoms in total. The first-order valence-electron chi connectivity index (χ1n) is 6.98. The number of hydrogen-bond acceptors (Lipinski definition) is 4. The van der Waals surface area contributed by atoms with E-state index in [4.69, 9.17) is 5.73 Å². The van der Waals surface area contributed by atoms with Crippen LogP contribution in [0.25, 0.3) is 0 Å². The number of rotatable bonds is 5. The van der Waals surface area contributed by atoms with Crippen molar-refractivity contribution < 1.29 is 13.2 Å². The van der Waals surface area contributed by atoms with E-state index in [9.17, 15) is 13.2 Å². The predicted molar refractivity (Wildman–Crippen MR) is 80.0 cm³/mol. The Kier molecular flexibility index (Phi) is 4.65. The van der Waals surface area contributed by atoms with E-state index in [0.717, 1.165) is 12.0 Å². The molecule has 2 unspecified atom stereocenters. The van der Waals surface area contributed by atoms with Crippen molar-refractivity contribution in [2.24, 2.45) is 5.73 Å². The van der Waals surface area contributed by atoms with Crippen LogP contribution in [0.15, 0.2) is 29.2 Å². The van der Waals surface area contributed by atoms with Gasteiger partial charge in [0.15, 0.2) is 0 Å². The lowest BCUT2D eigenvalue weighted by atomic mass is 10.1. The summed E-state index contributed by atoms with van der Waals surface area (Å²) in [7, 11) is -2.05. The Morgan fingerprint density at radius 1 is 1.48 bits per heavy atom. The Morgan fingerprint density at radius 3 is 2.76 bits per heavy atom. The standard InChI is InChI=1S/C14H21N3O3S/c1-3-12(15)10-5-4-6-11(9-10)21(19,20)16-13-7-8-17(2)14(13)18/h4-6,9,12-13,16H,3,7-8,15H2,1-2H3. The van der Waals surface area contributed by atoms with Crippen LogP contribution >= 0.6 is 0 Å². The highest BCUT2D eigenvalue weighted by molar-refractivity contribution is 7.89. The summed E-state index contributed by atoms with van der Waals surface area (Å²) in [5.41, 5.74) is 6.71. The van der Waals surface area contributed by atoms with Crippen LogP contribution < -0.4 is 10.5 Å². The van der Waals surface area contributed by atoms with Crippen LogP contribution in [0.1, 0.15) is 31.4 Å². The maximum Gasteiger partial charge on any atom is 0.241 e. The molecular formula is C14H21N3O3S. The average molecular weight is 311 g/mol. The summed E-state index contributed by atoms with van der Waals surface area (Å²) in [4.78, 5) is 13.5. The number of likely N-dealkylation sites (N-methyl/N-ethyl adjacent to an activating group) is 1. The zero-order valence-electron chi connectivity index (χ0n) is 12.2. The lowest BCUT2D eigenvalue weighted by molar-refractivity contribution is -0.127. The number of nitrogens with two attached hydrogens (primary N) is 1. The number of carbonyl (C=O) groups is 1. The second-order valence-corrected chi connectivity index (χ2v) is 7.02. The van der Waals surface area contributed by atoms with Crippen LogP contribution in [-0.4, -0.2) is 38.9 Å². The molecule has 0 saturated carbocycles. The number of nitrogens with zero attached hydrogens (tertiary/aromatic N) is 1. The van der Waals surface area contributed by atoms with Gasteiger partial charge >= 0.3 is 0 Å². The van der Waals surface area contributed by atoms with Gasteiger partial charge in [0.2, 0.25) is 15.9 Å². The third kappa shape index (κ3) is 3.42. The SMILES string of the molecule is CCC(N)c1cccc(S(=O)(=O)NC2CCN(C)C2=O)c1. The summed E-state index contributed by atoms with van der Waals surface area (Å²) < 4.78 is 27.2. The molecule has 1 aromatic carbocycles. The fraction of sp³-hybridized carbons (Fsp3) is 0.500. The van der Waals surface area contributed by atoms with Crippen LogP contribution in [-0.2, 0) is 14.8 Å². The van der Waals surface area contributed by atoms with Crippen LogP contribution in [0.3, 0.4) is 0 Å². The molecule has 1 saturated heterocycles. The molecule has 1 fully saturated rings. The summed E-state index contributed by atoms with van der Waals surface area (Å²) in [6.07, 6.45) is 1.21. The van der Waals surface area contributed by atoms with Crippen molar-refractivity contribution in [1.82, 2.24) is 9.62 Å². The summed E-state index contributed by atoms with van der Waals surface area (Å²) >= 11 is 0. The lowest BCUT2D eigenvalue weighted by Gasteiger charge is -2.14. The monoisotopic (exact) mass is 311 g/mol. The molecule has 21 heavy (non-hydrogen) atoms. The number of hydrogen-bond donors (Lipinski definition) is 2. The van der Waals surface area contributed by atoms with Crippen molar-refractivity contribution in [2.75, 3.05) is 13.6 Å². The third-order valence-corrected chi connectivity index (χ3v) is 5.23. The Bertz CT molecular complexity index is 630. The summed E-state index contributed by atoms with van der Waals surface area (Å²) in [5, 5.41) is 0. The highest BCUT2D eigenvalue weighted by Gasteiger charge is 2.32. The van der Waals surface area contributed by atoms with E-state index < -0.39 is 16.1 Å². The molecule has 2 atom stereocenters. The molecule has 0 bridgehead atoms. The first-order valence-corrected chi connectivity index (χ1v) is 8.46. The van der Waals surface area contributed by atoms with Crippen LogP contribution in [0.4, 0.5) is 0 Å². The highest BCUT2D eigenvalue weighted by atomic mass is 32.2. The summed E-state index contributed by atoms with van der Waals surface area (Å²) in [5.74, 6) is -0.194. The number of benzene rings is 1. The maximum absolute atomic E-state index is 12.4. The number of amides is 1. The zero-order chi connectivity index (χ0) is 15.6. The molecule has 1 amide bonds. The van der Waals surface area contributed by atoms with Gasteiger partial charge in [-0.05, 0) is 30.5 Å². The predicted octanol–water partition coefficient (Wildman–Crippen LogP) is 0.605. The number of likely N-dealkylation sites (tertiary alicyclic amines) is 1. The van der Waals surface area contributed by atoms with E-state index in [-0.39, 0.29) is 16.8 Å². The number of carbonyl (C=O) groups excluding carboxylic acids is 1. The van der Waals surface area contributed by atoms with E-state index in [1.165, 1.54) is 11.0 Å². The van der Waals surface area contributed by atoms with Crippen molar-refractivity contribution in [2.45, 2.75) is 36.7 Å². The normalized spacial score (nSPS) is 20.8. The Morgan fingerprint density at radius 2 is 2.19 bits per heavy atom.